The van der Waals surface area contributed by atoms with Crippen LogP contribution in [0.1, 0.15) is 0 Å². The van der Waals surface area contributed by atoms with E-state index in [2.05, 4.69) is 0 Å². The predicted octanol–water partition coefficient (Wildman–Crippen LogP) is 3.39. The normalized spacial score (nSPS) is 11.9. The fourth-order valence-corrected chi connectivity index (χ4v) is 2.54. The molecule has 0 aromatic heterocycles. The minimum absolute atomic E-state index is 0.229. The van der Waals surface area contributed by atoms with E-state index in [1.165, 1.54) is 12.1 Å². The smallest absolute Gasteiger partial charge is 0.282 e. The van der Waals surface area contributed by atoms with Gasteiger partial charge in [0.2, 0.25) is 0 Å². The third kappa shape index (κ3) is 2.01. The zero-order chi connectivity index (χ0) is 11.9. The van der Waals surface area contributed by atoms with Crippen molar-refractivity contribution in [1.82, 2.24) is 0 Å². The van der Waals surface area contributed by atoms with E-state index in [9.17, 15) is 8.42 Å². The first-order valence-electron chi connectivity index (χ1n) is 4.25. The monoisotopic (exact) mass is 276 g/mol. The molecule has 1 N–H and O–H groups in total. The average Bonchev–Trinajstić information content (AvgIpc) is 2.18. The molecule has 0 spiro atoms. The largest absolute Gasteiger partial charge is 0.294 e. The molecule has 0 saturated carbocycles. The van der Waals surface area contributed by atoms with Crippen molar-refractivity contribution < 1.29 is 13.0 Å². The van der Waals surface area contributed by atoms with Crippen LogP contribution in [0.5, 0.6) is 0 Å². The summed E-state index contributed by atoms with van der Waals surface area (Å²) in [5.41, 5.74) is 0. The van der Waals surface area contributed by atoms with E-state index in [4.69, 9.17) is 27.8 Å². The van der Waals surface area contributed by atoms with Crippen molar-refractivity contribution in [2.75, 3.05) is 0 Å². The molecule has 0 saturated heterocycles. The molecule has 2 aromatic carbocycles. The number of rotatable bonds is 1. The van der Waals surface area contributed by atoms with Gasteiger partial charge < -0.3 is 0 Å². The Balaban J connectivity index is 2.91. The van der Waals surface area contributed by atoms with Crippen LogP contribution in [0.4, 0.5) is 0 Å². The maximum Gasteiger partial charge on any atom is 0.294 e. The lowest BCUT2D eigenvalue weighted by atomic mass is 10.1. The maximum atomic E-state index is 11.0. The summed E-state index contributed by atoms with van der Waals surface area (Å²) in [7, 11) is -4.28. The highest BCUT2D eigenvalue weighted by Crippen LogP contribution is 2.31. The van der Waals surface area contributed by atoms with Gasteiger partial charge in [-0.3, -0.25) is 4.55 Å². The van der Waals surface area contributed by atoms with Gasteiger partial charge in [-0.15, -0.1) is 0 Å². The van der Waals surface area contributed by atoms with Crippen LogP contribution in [0.15, 0.2) is 35.2 Å². The number of hydrogen-bond donors (Lipinski definition) is 1. The molecule has 0 aliphatic carbocycles. The van der Waals surface area contributed by atoms with Gasteiger partial charge in [-0.1, -0.05) is 35.3 Å². The van der Waals surface area contributed by atoms with Crippen LogP contribution >= 0.6 is 23.2 Å². The summed E-state index contributed by atoms with van der Waals surface area (Å²) in [4.78, 5) is -0.266. The minimum atomic E-state index is -4.28. The van der Waals surface area contributed by atoms with Gasteiger partial charge in [0.1, 0.15) is 0 Å². The Bertz CT molecular complexity index is 665. The quantitative estimate of drug-likeness (QED) is 0.813. The fraction of sp³-hybridized carbons (Fsp3) is 0. The van der Waals surface area contributed by atoms with Gasteiger partial charge in [-0.05, 0) is 18.2 Å². The van der Waals surface area contributed by atoms with Crippen molar-refractivity contribution in [3.63, 3.8) is 0 Å². The molecule has 6 heteroatoms. The molecular weight excluding hydrogens is 271 g/mol. The van der Waals surface area contributed by atoms with Crippen LogP contribution in [0.25, 0.3) is 10.8 Å². The van der Waals surface area contributed by atoms with Gasteiger partial charge in [0.05, 0.1) is 4.90 Å². The summed E-state index contributed by atoms with van der Waals surface area (Å²) < 4.78 is 30.9. The molecule has 3 nitrogen and oxygen atoms in total. The zero-order valence-corrected chi connectivity index (χ0v) is 10.1. The van der Waals surface area contributed by atoms with Crippen LogP contribution in [0.2, 0.25) is 10.0 Å². The summed E-state index contributed by atoms with van der Waals surface area (Å²) in [5, 5.41) is 1.74. The van der Waals surface area contributed by atoms with Crippen molar-refractivity contribution in [2.24, 2.45) is 0 Å². The van der Waals surface area contributed by atoms with E-state index in [-0.39, 0.29) is 9.92 Å². The SMILES string of the molecule is O=S(=O)(O)c1cc(Cl)c2cccc(Cl)c2c1. The zero-order valence-electron chi connectivity index (χ0n) is 7.81. The maximum absolute atomic E-state index is 11.0. The van der Waals surface area contributed by atoms with Gasteiger partial charge in [0.25, 0.3) is 10.1 Å². The molecule has 84 valence electrons. The second-order valence-electron chi connectivity index (χ2n) is 3.22. The Morgan fingerprint density at radius 1 is 1.00 bits per heavy atom. The lowest BCUT2D eigenvalue weighted by molar-refractivity contribution is 0.483. The van der Waals surface area contributed by atoms with E-state index >= 15 is 0 Å². The summed E-state index contributed by atoms with van der Waals surface area (Å²) in [6.45, 7) is 0. The molecule has 0 heterocycles. The van der Waals surface area contributed by atoms with Crippen molar-refractivity contribution in [3.8, 4) is 0 Å². The summed E-state index contributed by atoms with van der Waals surface area (Å²) >= 11 is 11.8. The summed E-state index contributed by atoms with van der Waals surface area (Å²) in [6.07, 6.45) is 0. The second kappa shape index (κ2) is 3.89. The van der Waals surface area contributed by atoms with Crippen LogP contribution in [-0.4, -0.2) is 13.0 Å². The van der Waals surface area contributed by atoms with Crippen LogP contribution in [-0.2, 0) is 10.1 Å². The van der Waals surface area contributed by atoms with E-state index in [0.717, 1.165) is 0 Å². The molecule has 16 heavy (non-hydrogen) atoms. The fourth-order valence-electron chi connectivity index (χ4n) is 1.43. The van der Waals surface area contributed by atoms with Crippen LogP contribution in [0, 0.1) is 0 Å². The summed E-state index contributed by atoms with van der Waals surface area (Å²) in [6, 6.07) is 7.53. The van der Waals surface area contributed by atoms with Crippen molar-refractivity contribution >= 4 is 44.1 Å². The molecule has 0 fully saturated rings. The van der Waals surface area contributed by atoms with Gasteiger partial charge >= 0.3 is 0 Å². The lowest BCUT2D eigenvalue weighted by Gasteiger charge is -2.05. The predicted molar refractivity (Wildman–Crippen MR) is 63.8 cm³/mol. The minimum Gasteiger partial charge on any atom is -0.282 e. The van der Waals surface area contributed by atoms with Crippen LogP contribution < -0.4 is 0 Å². The highest BCUT2D eigenvalue weighted by Gasteiger charge is 2.13. The third-order valence-corrected chi connectivity index (χ3v) is 3.64. The molecule has 0 aliphatic heterocycles. The van der Waals surface area contributed by atoms with Crippen LogP contribution in [0.3, 0.4) is 0 Å². The van der Waals surface area contributed by atoms with E-state index in [1.807, 2.05) is 0 Å². The van der Waals surface area contributed by atoms with E-state index in [1.54, 1.807) is 18.2 Å². The van der Waals surface area contributed by atoms with E-state index in [0.29, 0.717) is 15.8 Å². The first kappa shape index (κ1) is 11.7. The number of hydrogen-bond acceptors (Lipinski definition) is 2. The molecule has 0 unspecified atom stereocenters. The van der Waals surface area contributed by atoms with Crippen molar-refractivity contribution in [2.45, 2.75) is 4.90 Å². The number of fused-ring (bicyclic) bond motifs is 1. The first-order chi connectivity index (χ1) is 7.39. The molecule has 0 amide bonds. The first-order valence-corrected chi connectivity index (χ1v) is 6.44. The topological polar surface area (TPSA) is 54.4 Å². The Morgan fingerprint density at radius 3 is 2.31 bits per heavy atom. The molecule has 2 aromatic rings. The third-order valence-electron chi connectivity index (χ3n) is 2.16. The Hall–Kier alpha value is -0.810. The van der Waals surface area contributed by atoms with Crippen molar-refractivity contribution in [1.29, 1.82) is 0 Å². The Morgan fingerprint density at radius 2 is 1.69 bits per heavy atom. The van der Waals surface area contributed by atoms with Gasteiger partial charge in [0.15, 0.2) is 0 Å². The molecule has 0 atom stereocenters. The number of halogens is 2. The molecule has 2 rings (SSSR count). The standard InChI is InChI=1S/C10H6Cl2O3S/c11-9-3-1-2-7-8(9)4-6(5-10(7)12)16(13,14)15/h1-5H,(H,13,14,15). The summed E-state index contributed by atoms with van der Waals surface area (Å²) in [5.74, 6) is 0. The molecule has 0 bridgehead atoms. The average molecular weight is 277 g/mol. The van der Waals surface area contributed by atoms with Gasteiger partial charge in [-0.25, -0.2) is 0 Å². The van der Waals surface area contributed by atoms with Gasteiger partial charge in [0, 0.05) is 20.8 Å². The molecule has 0 radical (unpaired) electrons. The van der Waals surface area contributed by atoms with E-state index < -0.39 is 10.1 Å². The molecular formula is C10H6Cl2O3S. The second-order valence-corrected chi connectivity index (χ2v) is 5.45. The number of benzene rings is 2. The molecule has 0 aliphatic rings. The highest BCUT2D eigenvalue weighted by atomic mass is 35.5. The Labute approximate surface area is 102 Å². The Kier molecular flexibility index (Phi) is 2.84. The van der Waals surface area contributed by atoms with Gasteiger partial charge in [-0.2, -0.15) is 8.42 Å². The van der Waals surface area contributed by atoms with Crippen molar-refractivity contribution in [3.05, 3.63) is 40.4 Å². The lowest BCUT2D eigenvalue weighted by Crippen LogP contribution is -1.98. The highest BCUT2D eigenvalue weighted by molar-refractivity contribution is 7.85.